The zero-order valence-corrected chi connectivity index (χ0v) is 11.7. The highest BCUT2D eigenvalue weighted by molar-refractivity contribution is 5.96. The van der Waals surface area contributed by atoms with Gasteiger partial charge in [0.05, 0.1) is 5.69 Å². The molecule has 2 heterocycles. The summed E-state index contributed by atoms with van der Waals surface area (Å²) in [6.07, 6.45) is 1.70. The number of aryl methyl sites for hydroxylation is 2. The molecule has 0 saturated carbocycles. The van der Waals surface area contributed by atoms with E-state index in [0.29, 0.717) is 23.4 Å². The zero-order chi connectivity index (χ0) is 12.3. The number of halogens is 1. The van der Waals surface area contributed by atoms with E-state index in [0.717, 1.165) is 32.6 Å². The lowest BCUT2D eigenvalue weighted by Crippen LogP contribution is -2.34. The Bertz CT molecular complexity index is 398. The summed E-state index contributed by atoms with van der Waals surface area (Å²) in [5.74, 6) is 0.758. The Morgan fingerprint density at radius 2 is 2.22 bits per heavy atom. The van der Waals surface area contributed by atoms with Gasteiger partial charge in [0.25, 0.3) is 5.91 Å². The third-order valence-electron chi connectivity index (χ3n) is 3.10. The second kappa shape index (κ2) is 6.75. The number of nitrogens with zero attached hydrogens (tertiary/aromatic N) is 2. The molecule has 0 unspecified atom stereocenters. The fourth-order valence-electron chi connectivity index (χ4n) is 2.14. The number of carbonyl (C=O) groups is 1. The van der Waals surface area contributed by atoms with E-state index in [-0.39, 0.29) is 18.3 Å². The van der Waals surface area contributed by atoms with E-state index in [1.165, 1.54) is 0 Å². The van der Waals surface area contributed by atoms with Gasteiger partial charge in [0.2, 0.25) is 0 Å². The fourth-order valence-corrected chi connectivity index (χ4v) is 2.14. The molecular weight excluding hydrogens is 254 g/mol. The van der Waals surface area contributed by atoms with Crippen LogP contribution in [0.1, 0.15) is 35.2 Å². The van der Waals surface area contributed by atoms with E-state index in [1.54, 1.807) is 0 Å². The van der Waals surface area contributed by atoms with Crippen LogP contribution in [0.25, 0.3) is 0 Å². The quantitative estimate of drug-likeness (QED) is 0.885. The third kappa shape index (κ3) is 3.03. The van der Waals surface area contributed by atoms with E-state index in [2.05, 4.69) is 10.5 Å². The Labute approximate surface area is 113 Å². The Morgan fingerprint density at radius 3 is 2.94 bits per heavy atom. The summed E-state index contributed by atoms with van der Waals surface area (Å²) in [4.78, 5) is 14.3. The van der Waals surface area contributed by atoms with Crippen LogP contribution in [0.3, 0.4) is 0 Å². The Morgan fingerprint density at radius 1 is 1.44 bits per heavy atom. The number of amides is 1. The van der Waals surface area contributed by atoms with Crippen LogP contribution < -0.4 is 5.32 Å². The maximum Gasteiger partial charge on any atom is 0.259 e. The largest absolute Gasteiger partial charge is 0.360 e. The number of hydrogen-bond donors (Lipinski definition) is 1. The molecule has 1 aliphatic heterocycles. The molecule has 2 rings (SSSR count). The highest BCUT2D eigenvalue weighted by atomic mass is 35.5. The predicted octanol–water partition coefficient (Wildman–Crippen LogP) is 1.40. The van der Waals surface area contributed by atoms with Gasteiger partial charge < -0.3 is 14.7 Å². The number of aromatic nitrogens is 1. The number of nitrogens with one attached hydrogen (secondary N) is 1. The Hall–Kier alpha value is -1.07. The minimum atomic E-state index is 0. The van der Waals surface area contributed by atoms with Crippen LogP contribution in [0.5, 0.6) is 0 Å². The topological polar surface area (TPSA) is 58.4 Å². The number of rotatable bonds is 2. The van der Waals surface area contributed by atoms with E-state index in [9.17, 15) is 4.79 Å². The van der Waals surface area contributed by atoms with Crippen molar-refractivity contribution in [1.29, 1.82) is 0 Å². The van der Waals surface area contributed by atoms with Crippen molar-refractivity contribution < 1.29 is 9.32 Å². The summed E-state index contributed by atoms with van der Waals surface area (Å²) < 4.78 is 5.17. The highest BCUT2D eigenvalue weighted by Crippen LogP contribution is 2.17. The van der Waals surface area contributed by atoms with Crippen molar-refractivity contribution in [2.45, 2.75) is 26.7 Å². The highest BCUT2D eigenvalue weighted by Gasteiger charge is 2.24. The summed E-state index contributed by atoms with van der Waals surface area (Å²) in [7, 11) is 0. The molecule has 1 aromatic heterocycles. The Balaban J connectivity index is 0.00000162. The van der Waals surface area contributed by atoms with Crippen LogP contribution in [-0.2, 0) is 6.42 Å². The molecule has 6 heteroatoms. The standard InChI is InChI=1S/C12H19N3O2.ClH/c1-3-10-11(9(2)14-17-10)12(16)15-7-4-5-13-6-8-15;/h13H,3-8H2,1-2H3;1H. The van der Waals surface area contributed by atoms with Gasteiger partial charge >= 0.3 is 0 Å². The molecule has 1 aromatic rings. The predicted molar refractivity (Wildman–Crippen MR) is 71.3 cm³/mol. The molecular formula is C12H20ClN3O2. The maximum atomic E-state index is 12.4. The summed E-state index contributed by atoms with van der Waals surface area (Å²) in [6, 6.07) is 0. The average molecular weight is 274 g/mol. The maximum absolute atomic E-state index is 12.4. The van der Waals surface area contributed by atoms with Crippen molar-refractivity contribution in [2.24, 2.45) is 0 Å². The van der Waals surface area contributed by atoms with Crippen LogP contribution in [0.15, 0.2) is 4.52 Å². The van der Waals surface area contributed by atoms with E-state index in [1.807, 2.05) is 18.7 Å². The van der Waals surface area contributed by atoms with Gasteiger partial charge in [-0.3, -0.25) is 4.79 Å². The van der Waals surface area contributed by atoms with Gasteiger partial charge in [-0.25, -0.2) is 0 Å². The lowest BCUT2D eigenvalue weighted by Gasteiger charge is -2.19. The Kier molecular flexibility index (Phi) is 5.62. The summed E-state index contributed by atoms with van der Waals surface area (Å²) in [5, 5.41) is 7.18. The van der Waals surface area contributed by atoms with Crippen molar-refractivity contribution >= 4 is 18.3 Å². The molecule has 0 radical (unpaired) electrons. The second-order valence-corrected chi connectivity index (χ2v) is 4.32. The molecule has 0 spiro atoms. The smallest absolute Gasteiger partial charge is 0.259 e. The minimum Gasteiger partial charge on any atom is -0.360 e. The molecule has 1 aliphatic rings. The monoisotopic (exact) mass is 273 g/mol. The van der Waals surface area contributed by atoms with E-state index < -0.39 is 0 Å². The molecule has 1 amide bonds. The molecule has 0 aromatic carbocycles. The normalized spacial score (nSPS) is 16.0. The van der Waals surface area contributed by atoms with Crippen molar-refractivity contribution in [3.63, 3.8) is 0 Å². The first-order valence-corrected chi connectivity index (χ1v) is 6.19. The summed E-state index contributed by atoms with van der Waals surface area (Å²) in [5.41, 5.74) is 1.36. The second-order valence-electron chi connectivity index (χ2n) is 4.32. The first-order chi connectivity index (χ1) is 8.24. The van der Waals surface area contributed by atoms with E-state index in [4.69, 9.17) is 4.52 Å². The van der Waals surface area contributed by atoms with Gasteiger partial charge in [-0.2, -0.15) is 0 Å². The first-order valence-electron chi connectivity index (χ1n) is 6.19. The van der Waals surface area contributed by atoms with Gasteiger partial charge in [-0.05, 0) is 19.9 Å². The van der Waals surface area contributed by atoms with Crippen molar-refractivity contribution in [3.05, 3.63) is 17.0 Å². The van der Waals surface area contributed by atoms with Crippen LogP contribution in [0, 0.1) is 6.92 Å². The molecule has 18 heavy (non-hydrogen) atoms. The molecule has 0 bridgehead atoms. The van der Waals surface area contributed by atoms with Crippen molar-refractivity contribution in [2.75, 3.05) is 26.2 Å². The molecule has 102 valence electrons. The first kappa shape index (κ1) is 15.0. The molecule has 0 aliphatic carbocycles. The van der Waals surface area contributed by atoms with Crippen LogP contribution >= 0.6 is 12.4 Å². The lowest BCUT2D eigenvalue weighted by molar-refractivity contribution is 0.0763. The fraction of sp³-hybridized carbons (Fsp3) is 0.667. The van der Waals surface area contributed by atoms with Gasteiger partial charge in [0.1, 0.15) is 11.3 Å². The summed E-state index contributed by atoms with van der Waals surface area (Å²) >= 11 is 0. The minimum absolute atomic E-state index is 0. The summed E-state index contributed by atoms with van der Waals surface area (Å²) in [6.45, 7) is 7.20. The molecule has 1 fully saturated rings. The average Bonchev–Trinajstić information content (AvgIpc) is 2.56. The van der Waals surface area contributed by atoms with Crippen molar-refractivity contribution in [3.8, 4) is 0 Å². The number of hydrogen-bond acceptors (Lipinski definition) is 4. The van der Waals surface area contributed by atoms with E-state index >= 15 is 0 Å². The van der Waals surface area contributed by atoms with Gasteiger partial charge in [-0.15, -0.1) is 12.4 Å². The van der Waals surface area contributed by atoms with Gasteiger partial charge in [-0.1, -0.05) is 12.1 Å². The zero-order valence-electron chi connectivity index (χ0n) is 10.9. The lowest BCUT2D eigenvalue weighted by atomic mass is 10.1. The number of carbonyl (C=O) groups excluding carboxylic acids is 1. The van der Waals surface area contributed by atoms with Crippen LogP contribution in [0.2, 0.25) is 0 Å². The van der Waals surface area contributed by atoms with Crippen LogP contribution in [-0.4, -0.2) is 42.1 Å². The van der Waals surface area contributed by atoms with Crippen molar-refractivity contribution in [1.82, 2.24) is 15.4 Å². The SMILES string of the molecule is CCc1onc(C)c1C(=O)N1CCCNCC1.Cl. The van der Waals surface area contributed by atoms with Gasteiger partial charge in [0.15, 0.2) is 0 Å². The molecule has 1 saturated heterocycles. The molecule has 1 N–H and O–H groups in total. The third-order valence-corrected chi connectivity index (χ3v) is 3.10. The van der Waals surface area contributed by atoms with Crippen LogP contribution in [0.4, 0.5) is 0 Å². The molecule has 0 atom stereocenters. The molecule has 5 nitrogen and oxygen atoms in total. The van der Waals surface area contributed by atoms with Gasteiger partial charge in [0, 0.05) is 26.1 Å².